The molecule has 1 N–H and O–H groups in total. The number of carboxylic acids is 1. The predicted molar refractivity (Wildman–Crippen MR) is 75.0 cm³/mol. The number of hydrogen-bond donors (Lipinski definition) is 1. The summed E-state index contributed by atoms with van der Waals surface area (Å²) >= 11 is 0. The first-order chi connectivity index (χ1) is 9.83. The Morgan fingerprint density at radius 2 is 1.90 bits per heavy atom. The normalized spacial score (nSPS) is 18.3. The lowest BCUT2D eigenvalue weighted by molar-refractivity contribution is -0.145. The van der Waals surface area contributed by atoms with Crippen LogP contribution in [0, 0.1) is 0 Å². The summed E-state index contributed by atoms with van der Waals surface area (Å²) in [5.41, 5.74) is -1.33. The maximum atomic E-state index is 14.1. The van der Waals surface area contributed by atoms with Crippen LogP contribution in [0.4, 0.5) is 8.78 Å². The molecule has 1 fully saturated rings. The molecule has 1 aromatic rings. The molecule has 1 aliphatic rings. The smallest absolute Gasteiger partial charge is 0.314 e. The highest BCUT2D eigenvalue weighted by Gasteiger charge is 2.46. The predicted octanol–water partition coefficient (Wildman–Crippen LogP) is 4.09. The monoisotopic (exact) mass is 298 g/mol. The van der Waals surface area contributed by atoms with E-state index in [9.17, 15) is 18.7 Å². The number of ether oxygens (including phenoxy) is 1. The second-order valence-electron chi connectivity index (χ2n) is 5.72. The highest BCUT2D eigenvalue weighted by molar-refractivity contribution is 5.82. The van der Waals surface area contributed by atoms with Gasteiger partial charge in [-0.2, -0.15) is 0 Å². The minimum atomic E-state index is -3.15. The zero-order valence-electron chi connectivity index (χ0n) is 12.3. The zero-order chi connectivity index (χ0) is 15.7. The molecular formula is C16H20F2O3. The third-order valence-corrected chi connectivity index (χ3v) is 4.32. The van der Waals surface area contributed by atoms with Crippen molar-refractivity contribution < 1.29 is 23.4 Å². The lowest BCUT2D eigenvalue weighted by Crippen LogP contribution is -2.39. The number of benzene rings is 1. The molecule has 0 saturated heterocycles. The first-order valence-electron chi connectivity index (χ1n) is 7.12. The molecule has 0 amide bonds. The molecule has 0 heterocycles. The minimum absolute atomic E-state index is 0.0474. The molecule has 1 aliphatic carbocycles. The molecule has 1 aromatic carbocycles. The fourth-order valence-electron chi connectivity index (χ4n) is 3.31. The average molecular weight is 298 g/mol. The Labute approximate surface area is 122 Å². The van der Waals surface area contributed by atoms with Crippen molar-refractivity contribution in [1.29, 1.82) is 0 Å². The van der Waals surface area contributed by atoms with Gasteiger partial charge in [-0.15, -0.1) is 0 Å². The molecule has 1 saturated carbocycles. The van der Waals surface area contributed by atoms with E-state index in [0.29, 0.717) is 12.8 Å². The van der Waals surface area contributed by atoms with Gasteiger partial charge in [0.25, 0.3) is 5.92 Å². The molecule has 116 valence electrons. The standard InChI is InChI=1S/C16H20F2O3/c1-15(17,18)13-11(7-6-8-12(13)21-2)16(14(19)20)9-4-3-5-10-16/h6-8H,3-5,9-10H2,1-2H3,(H,19,20). The summed E-state index contributed by atoms with van der Waals surface area (Å²) in [6.07, 6.45) is 3.19. The van der Waals surface area contributed by atoms with Crippen LogP contribution in [0.2, 0.25) is 0 Å². The lowest BCUT2D eigenvalue weighted by atomic mass is 9.67. The second-order valence-corrected chi connectivity index (χ2v) is 5.72. The fourth-order valence-corrected chi connectivity index (χ4v) is 3.31. The van der Waals surface area contributed by atoms with Crippen LogP contribution in [0.25, 0.3) is 0 Å². The van der Waals surface area contributed by atoms with Gasteiger partial charge in [0.05, 0.1) is 18.1 Å². The van der Waals surface area contributed by atoms with Crippen molar-refractivity contribution in [2.24, 2.45) is 0 Å². The molecule has 0 atom stereocenters. The first kappa shape index (κ1) is 15.7. The number of halogens is 2. The van der Waals surface area contributed by atoms with Gasteiger partial charge in [-0.05, 0) is 24.5 Å². The number of aliphatic carboxylic acids is 1. The number of rotatable bonds is 4. The maximum Gasteiger partial charge on any atom is 0.314 e. The Morgan fingerprint density at radius 3 is 2.38 bits per heavy atom. The summed E-state index contributed by atoms with van der Waals surface area (Å²) in [4.78, 5) is 11.9. The van der Waals surface area contributed by atoms with Gasteiger partial charge >= 0.3 is 5.97 Å². The van der Waals surface area contributed by atoms with Gasteiger partial charge in [0, 0.05) is 6.92 Å². The second kappa shape index (κ2) is 5.62. The Hall–Kier alpha value is -1.65. The van der Waals surface area contributed by atoms with E-state index in [-0.39, 0.29) is 16.9 Å². The van der Waals surface area contributed by atoms with Crippen molar-refractivity contribution in [3.8, 4) is 5.75 Å². The van der Waals surface area contributed by atoms with E-state index in [4.69, 9.17) is 4.74 Å². The molecule has 3 nitrogen and oxygen atoms in total. The van der Waals surface area contributed by atoms with E-state index in [1.165, 1.54) is 19.2 Å². The van der Waals surface area contributed by atoms with Crippen molar-refractivity contribution in [2.45, 2.75) is 50.4 Å². The van der Waals surface area contributed by atoms with Crippen LogP contribution >= 0.6 is 0 Å². The summed E-state index contributed by atoms with van der Waals surface area (Å²) < 4.78 is 33.2. The van der Waals surface area contributed by atoms with Crippen LogP contribution in [0.15, 0.2) is 18.2 Å². The molecule has 0 spiro atoms. The molecule has 0 aliphatic heterocycles. The number of carbonyl (C=O) groups is 1. The molecule has 0 aromatic heterocycles. The third kappa shape index (κ3) is 2.74. The van der Waals surface area contributed by atoms with Crippen molar-refractivity contribution in [3.05, 3.63) is 29.3 Å². The highest BCUT2D eigenvalue weighted by atomic mass is 19.3. The largest absolute Gasteiger partial charge is 0.496 e. The van der Waals surface area contributed by atoms with Crippen molar-refractivity contribution in [1.82, 2.24) is 0 Å². The van der Waals surface area contributed by atoms with E-state index >= 15 is 0 Å². The maximum absolute atomic E-state index is 14.1. The van der Waals surface area contributed by atoms with E-state index < -0.39 is 17.3 Å². The molecule has 0 bridgehead atoms. The quantitative estimate of drug-likeness (QED) is 0.910. The van der Waals surface area contributed by atoms with Crippen LogP contribution in [0.1, 0.15) is 50.2 Å². The van der Waals surface area contributed by atoms with Crippen LogP contribution in [0.5, 0.6) is 5.75 Å². The Morgan fingerprint density at radius 1 is 1.29 bits per heavy atom. The van der Waals surface area contributed by atoms with Crippen molar-refractivity contribution >= 4 is 5.97 Å². The summed E-state index contributed by atoms with van der Waals surface area (Å²) in [5.74, 6) is -4.13. The Kier molecular flexibility index (Phi) is 4.21. The number of hydrogen-bond acceptors (Lipinski definition) is 2. The van der Waals surface area contributed by atoms with Gasteiger partial charge in [0.15, 0.2) is 0 Å². The summed E-state index contributed by atoms with van der Waals surface area (Å²) in [6.45, 7) is 0.784. The number of methoxy groups -OCH3 is 1. The molecule has 21 heavy (non-hydrogen) atoms. The molecule has 0 radical (unpaired) electrons. The summed E-state index contributed by atoms with van der Waals surface area (Å²) in [5, 5.41) is 9.71. The van der Waals surface area contributed by atoms with Gasteiger partial charge in [0.2, 0.25) is 0 Å². The molecular weight excluding hydrogens is 278 g/mol. The van der Waals surface area contributed by atoms with Crippen molar-refractivity contribution in [3.63, 3.8) is 0 Å². The highest BCUT2D eigenvalue weighted by Crippen LogP contribution is 2.47. The Bertz CT molecular complexity index is 529. The number of alkyl halides is 2. The van der Waals surface area contributed by atoms with Crippen LogP contribution < -0.4 is 4.74 Å². The van der Waals surface area contributed by atoms with Gasteiger partial charge in [-0.25, -0.2) is 8.78 Å². The lowest BCUT2D eigenvalue weighted by Gasteiger charge is -2.36. The third-order valence-electron chi connectivity index (χ3n) is 4.32. The first-order valence-corrected chi connectivity index (χ1v) is 7.12. The van der Waals surface area contributed by atoms with Gasteiger partial charge < -0.3 is 9.84 Å². The van der Waals surface area contributed by atoms with Crippen LogP contribution in [0.3, 0.4) is 0 Å². The van der Waals surface area contributed by atoms with Gasteiger partial charge in [-0.1, -0.05) is 31.4 Å². The Balaban J connectivity index is 2.69. The van der Waals surface area contributed by atoms with Gasteiger partial charge in [-0.3, -0.25) is 4.79 Å². The average Bonchev–Trinajstić information content (AvgIpc) is 2.46. The molecule has 2 rings (SSSR count). The van der Waals surface area contributed by atoms with Gasteiger partial charge in [0.1, 0.15) is 5.75 Å². The molecule has 5 heteroatoms. The SMILES string of the molecule is COc1cccc(C2(C(=O)O)CCCCC2)c1C(C)(F)F. The number of carboxylic acid groups (broad SMARTS) is 1. The summed E-state index contributed by atoms with van der Waals surface area (Å²) in [6, 6.07) is 4.55. The fraction of sp³-hybridized carbons (Fsp3) is 0.562. The molecule has 0 unspecified atom stereocenters. The van der Waals surface area contributed by atoms with E-state index in [0.717, 1.165) is 26.2 Å². The summed E-state index contributed by atoms with van der Waals surface area (Å²) in [7, 11) is 1.32. The topological polar surface area (TPSA) is 46.5 Å². The van der Waals surface area contributed by atoms with Crippen molar-refractivity contribution in [2.75, 3.05) is 7.11 Å². The minimum Gasteiger partial charge on any atom is -0.496 e. The van der Waals surface area contributed by atoms with E-state index in [1.807, 2.05) is 0 Å². The van der Waals surface area contributed by atoms with E-state index in [1.54, 1.807) is 6.07 Å². The van der Waals surface area contributed by atoms with E-state index in [2.05, 4.69) is 0 Å². The van der Waals surface area contributed by atoms with Crippen LogP contribution in [-0.2, 0) is 16.1 Å². The zero-order valence-corrected chi connectivity index (χ0v) is 12.3. The van der Waals surface area contributed by atoms with Crippen LogP contribution in [-0.4, -0.2) is 18.2 Å².